The van der Waals surface area contributed by atoms with Crippen molar-refractivity contribution in [2.75, 3.05) is 4.90 Å². The molecule has 5 heteroatoms. The van der Waals surface area contributed by atoms with E-state index in [1.807, 2.05) is 12.1 Å². The van der Waals surface area contributed by atoms with Crippen LogP contribution < -0.4 is 4.90 Å². The van der Waals surface area contributed by atoms with Crippen LogP contribution in [0.3, 0.4) is 0 Å². The summed E-state index contributed by atoms with van der Waals surface area (Å²) in [5.74, 6) is -2.32. The van der Waals surface area contributed by atoms with Crippen LogP contribution in [0.1, 0.15) is 11.1 Å². The maximum atomic E-state index is 13.8. The number of hydrogen-bond acceptors (Lipinski definition) is 2. The van der Waals surface area contributed by atoms with Crippen molar-refractivity contribution in [1.29, 1.82) is 0 Å². The van der Waals surface area contributed by atoms with Crippen LogP contribution in [0.25, 0.3) is 0 Å². The Morgan fingerprint density at radius 3 is 2.48 bits per heavy atom. The van der Waals surface area contributed by atoms with Crippen LogP contribution >= 0.6 is 0 Å². The molecule has 1 atom stereocenters. The van der Waals surface area contributed by atoms with E-state index < -0.39 is 23.6 Å². The molecule has 0 aliphatic carbocycles. The molecule has 1 aliphatic heterocycles. The van der Waals surface area contributed by atoms with E-state index >= 15 is 0 Å². The van der Waals surface area contributed by atoms with E-state index in [0.29, 0.717) is 12.1 Å². The van der Waals surface area contributed by atoms with Gasteiger partial charge in [-0.3, -0.25) is 0 Å². The topological polar surface area (TPSA) is 40.5 Å². The van der Waals surface area contributed by atoms with Gasteiger partial charge in [0.05, 0.1) is 0 Å². The average Bonchev–Trinajstić information content (AvgIpc) is 2.82. The monoisotopic (exact) mass is 289 g/mol. The molecular weight excluding hydrogens is 276 g/mol. The Bertz CT molecular complexity index is 682. The second-order valence-electron chi connectivity index (χ2n) is 5.01. The lowest BCUT2D eigenvalue weighted by Crippen LogP contribution is -2.38. The summed E-state index contributed by atoms with van der Waals surface area (Å²) < 4.78 is 27.6. The second-order valence-corrected chi connectivity index (χ2v) is 5.01. The third-order valence-corrected chi connectivity index (χ3v) is 3.77. The predicted octanol–water partition coefficient (Wildman–Crippen LogP) is 2.98. The molecule has 1 heterocycles. The molecule has 2 aromatic carbocycles. The van der Waals surface area contributed by atoms with Gasteiger partial charge in [0.2, 0.25) is 0 Å². The molecule has 0 bridgehead atoms. The standard InChI is InChI=1S/C16H13F2NO2/c17-12-5-3-6-13(18)11(12)9-19-14-7-2-1-4-10(14)8-15(19)16(20)21/h1-7,15H,8-9H2,(H,20,21). The minimum Gasteiger partial charge on any atom is -0.480 e. The highest BCUT2D eigenvalue weighted by molar-refractivity contribution is 5.82. The van der Waals surface area contributed by atoms with Crippen LogP contribution in [0.15, 0.2) is 42.5 Å². The smallest absolute Gasteiger partial charge is 0.326 e. The fourth-order valence-electron chi connectivity index (χ4n) is 2.72. The molecule has 1 unspecified atom stereocenters. The first-order valence-electron chi connectivity index (χ1n) is 6.58. The number of carboxylic acids is 1. The molecule has 1 aliphatic rings. The molecular formula is C16H13F2NO2. The number of carboxylic acid groups (broad SMARTS) is 1. The van der Waals surface area contributed by atoms with Crippen LogP contribution in [0.5, 0.6) is 0 Å². The number of halogens is 2. The summed E-state index contributed by atoms with van der Waals surface area (Å²) in [6.45, 7) is -0.105. The Labute approximate surface area is 120 Å². The van der Waals surface area contributed by atoms with E-state index in [1.54, 1.807) is 17.0 Å². The summed E-state index contributed by atoms with van der Waals surface area (Å²) in [6.07, 6.45) is 0.335. The predicted molar refractivity (Wildman–Crippen MR) is 74.1 cm³/mol. The van der Waals surface area contributed by atoms with E-state index in [0.717, 1.165) is 5.56 Å². The molecule has 21 heavy (non-hydrogen) atoms. The van der Waals surface area contributed by atoms with E-state index in [9.17, 15) is 18.7 Å². The highest BCUT2D eigenvalue weighted by atomic mass is 19.1. The van der Waals surface area contributed by atoms with Gasteiger partial charge in [0.25, 0.3) is 0 Å². The number of nitrogens with zero attached hydrogens (tertiary/aromatic N) is 1. The fourth-order valence-corrected chi connectivity index (χ4v) is 2.72. The molecule has 0 saturated carbocycles. The molecule has 3 nitrogen and oxygen atoms in total. The van der Waals surface area contributed by atoms with Crippen LogP contribution in [0.4, 0.5) is 14.5 Å². The number of benzene rings is 2. The second kappa shape index (κ2) is 5.16. The molecule has 3 rings (SSSR count). The van der Waals surface area contributed by atoms with Crippen molar-refractivity contribution in [3.05, 3.63) is 65.2 Å². The largest absolute Gasteiger partial charge is 0.480 e. The number of aliphatic carboxylic acids is 1. The van der Waals surface area contributed by atoms with Gasteiger partial charge in [-0.05, 0) is 23.8 Å². The van der Waals surface area contributed by atoms with Gasteiger partial charge in [-0.2, -0.15) is 0 Å². The van der Waals surface area contributed by atoms with Crippen molar-refractivity contribution < 1.29 is 18.7 Å². The summed E-state index contributed by atoms with van der Waals surface area (Å²) in [7, 11) is 0. The Morgan fingerprint density at radius 1 is 1.14 bits per heavy atom. The van der Waals surface area contributed by atoms with Crippen LogP contribution in [0.2, 0.25) is 0 Å². The Morgan fingerprint density at radius 2 is 1.81 bits per heavy atom. The lowest BCUT2D eigenvalue weighted by Gasteiger charge is -2.25. The molecule has 0 amide bonds. The first-order valence-corrected chi connectivity index (χ1v) is 6.58. The Hall–Kier alpha value is -2.43. The maximum Gasteiger partial charge on any atom is 0.326 e. The quantitative estimate of drug-likeness (QED) is 0.944. The number of rotatable bonds is 3. The van der Waals surface area contributed by atoms with Crippen molar-refractivity contribution >= 4 is 11.7 Å². The summed E-state index contributed by atoms with van der Waals surface area (Å²) in [5, 5.41) is 9.34. The summed E-state index contributed by atoms with van der Waals surface area (Å²) >= 11 is 0. The van der Waals surface area contributed by atoms with Gasteiger partial charge < -0.3 is 10.0 Å². The summed E-state index contributed by atoms with van der Waals surface area (Å²) in [6, 6.07) is 10.1. The van der Waals surface area contributed by atoms with Gasteiger partial charge in [0.1, 0.15) is 17.7 Å². The van der Waals surface area contributed by atoms with Crippen molar-refractivity contribution in [3.63, 3.8) is 0 Å². The third kappa shape index (κ3) is 2.35. The van der Waals surface area contributed by atoms with Crippen molar-refractivity contribution in [2.45, 2.75) is 19.0 Å². The molecule has 0 fully saturated rings. The van der Waals surface area contributed by atoms with Gasteiger partial charge in [-0.1, -0.05) is 24.3 Å². The van der Waals surface area contributed by atoms with Crippen molar-refractivity contribution in [1.82, 2.24) is 0 Å². The minimum absolute atomic E-state index is 0.105. The van der Waals surface area contributed by atoms with Crippen molar-refractivity contribution in [2.24, 2.45) is 0 Å². The van der Waals surface area contributed by atoms with Crippen LogP contribution in [0, 0.1) is 11.6 Å². The van der Waals surface area contributed by atoms with Gasteiger partial charge in [-0.15, -0.1) is 0 Å². The molecule has 0 radical (unpaired) electrons. The van der Waals surface area contributed by atoms with E-state index in [4.69, 9.17) is 0 Å². The zero-order chi connectivity index (χ0) is 15.0. The number of para-hydroxylation sites is 1. The van der Waals surface area contributed by atoms with E-state index in [-0.39, 0.29) is 12.1 Å². The van der Waals surface area contributed by atoms with Crippen LogP contribution in [-0.4, -0.2) is 17.1 Å². The first kappa shape index (κ1) is 13.5. The first-order chi connectivity index (χ1) is 10.1. The minimum atomic E-state index is -0.997. The maximum absolute atomic E-state index is 13.8. The SMILES string of the molecule is O=C(O)C1Cc2ccccc2N1Cc1c(F)cccc1F. The molecule has 2 aromatic rings. The molecule has 0 spiro atoms. The number of anilines is 1. The third-order valence-electron chi connectivity index (χ3n) is 3.77. The average molecular weight is 289 g/mol. The molecule has 0 aromatic heterocycles. The summed E-state index contributed by atoms with van der Waals surface area (Å²) in [4.78, 5) is 13.0. The fraction of sp³-hybridized carbons (Fsp3) is 0.188. The van der Waals surface area contributed by atoms with E-state index in [2.05, 4.69) is 0 Å². The highest BCUT2D eigenvalue weighted by Crippen LogP contribution is 2.34. The Kier molecular flexibility index (Phi) is 3.33. The lowest BCUT2D eigenvalue weighted by atomic mass is 10.1. The Balaban J connectivity index is 2.01. The van der Waals surface area contributed by atoms with Gasteiger partial charge >= 0.3 is 5.97 Å². The zero-order valence-electron chi connectivity index (χ0n) is 11.1. The molecule has 108 valence electrons. The van der Waals surface area contributed by atoms with Crippen molar-refractivity contribution in [3.8, 4) is 0 Å². The van der Waals surface area contributed by atoms with Gasteiger partial charge in [0, 0.05) is 24.2 Å². The number of hydrogen-bond donors (Lipinski definition) is 1. The normalized spacial score (nSPS) is 16.9. The zero-order valence-corrected chi connectivity index (χ0v) is 11.1. The van der Waals surface area contributed by atoms with Gasteiger partial charge in [0.15, 0.2) is 0 Å². The van der Waals surface area contributed by atoms with Gasteiger partial charge in [-0.25, -0.2) is 13.6 Å². The molecule has 1 N–H and O–H groups in total. The molecule has 0 saturated heterocycles. The van der Waals surface area contributed by atoms with Crippen LogP contribution in [-0.2, 0) is 17.8 Å². The van der Waals surface area contributed by atoms with E-state index in [1.165, 1.54) is 18.2 Å². The summed E-state index contributed by atoms with van der Waals surface area (Å²) in [5.41, 5.74) is 1.48. The highest BCUT2D eigenvalue weighted by Gasteiger charge is 2.34. The number of carbonyl (C=O) groups is 1. The number of fused-ring (bicyclic) bond motifs is 1. The lowest BCUT2D eigenvalue weighted by molar-refractivity contribution is -0.138.